The predicted octanol–water partition coefficient (Wildman–Crippen LogP) is 4.99. The van der Waals surface area contributed by atoms with Crippen LogP contribution in [0.4, 0.5) is 18.9 Å². The molecule has 9 heteroatoms. The van der Waals surface area contributed by atoms with Gasteiger partial charge >= 0.3 is 6.36 Å². The number of pyridine rings is 1. The minimum Gasteiger partial charge on any atom is -0.406 e. The van der Waals surface area contributed by atoms with Crippen molar-refractivity contribution in [2.45, 2.75) is 26.8 Å². The Morgan fingerprint density at radius 1 is 0.971 bits per heavy atom. The van der Waals surface area contributed by atoms with Gasteiger partial charge in [-0.2, -0.15) is 0 Å². The van der Waals surface area contributed by atoms with Crippen LogP contribution in [-0.2, 0) is 16.1 Å². The molecule has 0 aliphatic carbocycles. The molecule has 0 radical (unpaired) electrons. The number of hydrogen-bond donors (Lipinski definition) is 1. The van der Waals surface area contributed by atoms with E-state index in [0.29, 0.717) is 16.9 Å². The molecule has 2 aromatic carbocycles. The van der Waals surface area contributed by atoms with Crippen LogP contribution in [-0.4, -0.2) is 28.1 Å². The normalized spacial score (nSPS) is 14.1. The van der Waals surface area contributed by atoms with Crippen molar-refractivity contribution < 1.29 is 27.5 Å². The van der Waals surface area contributed by atoms with E-state index in [2.05, 4.69) is 15.0 Å². The number of carbonyl (C=O) groups excluding carboxylic acids is 2. The molecule has 0 atom stereocenters. The van der Waals surface area contributed by atoms with Gasteiger partial charge in [-0.05, 0) is 61.4 Å². The van der Waals surface area contributed by atoms with E-state index in [0.717, 1.165) is 28.2 Å². The molecule has 0 spiro atoms. The van der Waals surface area contributed by atoms with Crippen molar-refractivity contribution in [3.63, 3.8) is 0 Å². The first kappa shape index (κ1) is 23.0. The first-order valence-corrected chi connectivity index (χ1v) is 10.3. The highest BCUT2D eigenvalue weighted by atomic mass is 19.4. The molecule has 1 aromatic heterocycles. The Kier molecular flexibility index (Phi) is 6.10. The summed E-state index contributed by atoms with van der Waals surface area (Å²) in [6, 6.07) is 15.7. The number of nitrogens with one attached hydrogen (secondary N) is 1. The summed E-state index contributed by atoms with van der Waals surface area (Å²) >= 11 is 0. The van der Waals surface area contributed by atoms with Crippen LogP contribution < -0.4 is 10.1 Å². The Bertz CT molecular complexity index is 1270. The van der Waals surface area contributed by atoms with Crippen LogP contribution in [0.15, 0.2) is 72.6 Å². The van der Waals surface area contributed by atoms with Gasteiger partial charge in [0.05, 0.1) is 17.8 Å². The van der Waals surface area contributed by atoms with Gasteiger partial charge in [0.15, 0.2) is 0 Å². The van der Waals surface area contributed by atoms with E-state index in [1.54, 1.807) is 30.5 Å². The summed E-state index contributed by atoms with van der Waals surface area (Å²) in [6.45, 7) is 3.75. The zero-order chi connectivity index (χ0) is 24.5. The van der Waals surface area contributed by atoms with Crippen molar-refractivity contribution >= 4 is 23.1 Å². The first-order valence-electron chi connectivity index (χ1n) is 10.3. The van der Waals surface area contributed by atoms with E-state index >= 15 is 0 Å². The first-order chi connectivity index (χ1) is 16.1. The molecular weight excluding hydrogens is 447 g/mol. The van der Waals surface area contributed by atoms with Crippen LogP contribution >= 0.6 is 0 Å². The number of ether oxygens (including phenoxy) is 1. The molecular formula is C25H20F3N3O3. The van der Waals surface area contributed by atoms with Crippen molar-refractivity contribution in [1.29, 1.82) is 0 Å². The number of benzene rings is 2. The number of carbonyl (C=O) groups is 2. The zero-order valence-electron chi connectivity index (χ0n) is 18.3. The van der Waals surface area contributed by atoms with Gasteiger partial charge in [-0.25, -0.2) is 0 Å². The molecule has 1 N–H and O–H groups in total. The van der Waals surface area contributed by atoms with E-state index < -0.39 is 23.9 Å². The number of halogens is 3. The van der Waals surface area contributed by atoms with E-state index in [4.69, 9.17) is 0 Å². The number of nitrogens with zero attached hydrogens (tertiary/aromatic N) is 2. The molecule has 4 rings (SSSR count). The Morgan fingerprint density at radius 2 is 1.71 bits per heavy atom. The molecule has 0 bridgehead atoms. The third-order valence-electron chi connectivity index (χ3n) is 5.22. The summed E-state index contributed by atoms with van der Waals surface area (Å²) in [5.74, 6) is -1.43. The lowest BCUT2D eigenvalue weighted by Crippen LogP contribution is -2.32. The average molecular weight is 467 g/mol. The molecule has 0 fully saturated rings. The van der Waals surface area contributed by atoms with Gasteiger partial charge in [-0.15, -0.1) is 13.2 Å². The number of aryl methyl sites for hydroxylation is 2. The highest BCUT2D eigenvalue weighted by Gasteiger charge is 2.40. The van der Waals surface area contributed by atoms with Crippen molar-refractivity contribution in [2.75, 3.05) is 5.32 Å². The van der Waals surface area contributed by atoms with Crippen LogP contribution in [0, 0.1) is 13.8 Å². The fourth-order valence-electron chi connectivity index (χ4n) is 3.72. The fraction of sp³-hybridized carbons (Fsp3) is 0.160. The maximum absolute atomic E-state index is 13.4. The van der Waals surface area contributed by atoms with E-state index in [1.165, 1.54) is 12.1 Å². The van der Waals surface area contributed by atoms with Crippen LogP contribution in [0.1, 0.15) is 22.4 Å². The number of hydrogen-bond acceptors (Lipinski definition) is 5. The number of imide groups is 1. The monoisotopic (exact) mass is 467 g/mol. The lowest BCUT2D eigenvalue weighted by Gasteiger charge is -2.15. The maximum atomic E-state index is 13.4. The molecule has 0 saturated carbocycles. The van der Waals surface area contributed by atoms with Crippen molar-refractivity contribution in [3.05, 3.63) is 94.9 Å². The van der Waals surface area contributed by atoms with Gasteiger partial charge in [-0.1, -0.05) is 29.8 Å². The van der Waals surface area contributed by atoms with Crippen LogP contribution in [0.3, 0.4) is 0 Å². The van der Waals surface area contributed by atoms with Crippen LogP contribution in [0.5, 0.6) is 5.75 Å². The maximum Gasteiger partial charge on any atom is 0.573 e. The Morgan fingerprint density at radius 3 is 2.32 bits per heavy atom. The Balaban J connectivity index is 1.71. The van der Waals surface area contributed by atoms with Gasteiger partial charge in [0, 0.05) is 11.9 Å². The van der Waals surface area contributed by atoms with Crippen molar-refractivity contribution in [3.8, 4) is 5.75 Å². The minimum atomic E-state index is -4.81. The number of amides is 2. The average Bonchev–Trinajstić information content (AvgIpc) is 2.99. The fourth-order valence-corrected chi connectivity index (χ4v) is 3.72. The molecule has 0 saturated heterocycles. The quantitative estimate of drug-likeness (QED) is 0.518. The molecule has 2 amide bonds. The largest absolute Gasteiger partial charge is 0.573 e. The summed E-state index contributed by atoms with van der Waals surface area (Å²) in [7, 11) is 0. The molecule has 3 aromatic rings. The second kappa shape index (κ2) is 9.01. The predicted molar refractivity (Wildman–Crippen MR) is 119 cm³/mol. The SMILES string of the molecule is Cc1ccc(C2=C(Nc3ccc(OC(F)(F)F)cc3)C(=O)N(Cc3ccccn3)C2=O)c(C)c1. The lowest BCUT2D eigenvalue weighted by molar-refractivity contribution is -0.274. The Hall–Kier alpha value is -4.14. The number of anilines is 1. The van der Waals surface area contributed by atoms with E-state index in [9.17, 15) is 22.8 Å². The van der Waals surface area contributed by atoms with Crippen molar-refractivity contribution in [1.82, 2.24) is 9.88 Å². The minimum absolute atomic E-state index is 0.0174. The van der Waals surface area contributed by atoms with E-state index in [-0.39, 0.29) is 17.8 Å². The number of alkyl halides is 3. The zero-order valence-corrected chi connectivity index (χ0v) is 18.3. The second-order valence-electron chi connectivity index (χ2n) is 7.78. The highest BCUT2D eigenvalue weighted by Crippen LogP contribution is 2.34. The van der Waals surface area contributed by atoms with Crippen LogP contribution in [0.25, 0.3) is 5.57 Å². The summed E-state index contributed by atoms with van der Waals surface area (Å²) in [5.41, 5.74) is 3.49. The second-order valence-corrected chi connectivity index (χ2v) is 7.78. The molecule has 0 unspecified atom stereocenters. The Labute approximate surface area is 193 Å². The summed E-state index contributed by atoms with van der Waals surface area (Å²) in [6.07, 6.45) is -3.24. The van der Waals surface area contributed by atoms with E-state index in [1.807, 2.05) is 26.0 Å². The third-order valence-corrected chi connectivity index (χ3v) is 5.22. The van der Waals surface area contributed by atoms with Gasteiger partial charge in [0.1, 0.15) is 11.4 Å². The highest BCUT2D eigenvalue weighted by molar-refractivity contribution is 6.36. The lowest BCUT2D eigenvalue weighted by atomic mass is 9.97. The standard InChI is InChI=1S/C25H20F3N3O3/c1-15-6-11-20(16(2)13-15)21-22(30-17-7-9-19(10-8-17)34-25(26,27)28)24(33)31(23(21)32)14-18-5-3-4-12-29-18/h3-13,30H,14H2,1-2H3. The van der Waals surface area contributed by atoms with Gasteiger partial charge in [0.2, 0.25) is 0 Å². The number of rotatable bonds is 6. The van der Waals surface area contributed by atoms with Crippen LogP contribution in [0.2, 0.25) is 0 Å². The number of aromatic nitrogens is 1. The molecule has 1 aliphatic rings. The molecule has 6 nitrogen and oxygen atoms in total. The van der Waals surface area contributed by atoms with Gasteiger partial charge in [0.25, 0.3) is 11.8 Å². The summed E-state index contributed by atoms with van der Waals surface area (Å²) < 4.78 is 41.2. The molecule has 174 valence electrons. The summed E-state index contributed by atoms with van der Waals surface area (Å²) in [5, 5.41) is 2.93. The van der Waals surface area contributed by atoms with Gasteiger partial charge < -0.3 is 10.1 Å². The third kappa shape index (κ3) is 4.93. The molecule has 2 heterocycles. The topological polar surface area (TPSA) is 71.5 Å². The smallest absolute Gasteiger partial charge is 0.406 e. The molecule has 34 heavy (non-hydrogen) atoms. The van der Waals surface area contributed by atoms with Crippen molar-refractivity contribution in [2.24, 2.45) is 0 Å². The molecule has 1 aliphatic heterocycles. The summed E-state index contributed by atoms with van der Waals surface area (Å²) in [4.78, 5) is 32.0. The van der Waals surface area contributed by atoms with Gasteiger partial charge in [-0.3, -0.25) is 19.5 Å².